The predicted molar refractivity (Wildman–Crippen MR) is 108 cm³/mol. The maximum atomic E-state index is 12.6. The number of carbonyl (C=O) groups excluding carboxylic acids is 1. The molecule has 7 heteroatoms. The van der Waals surface area contributed by atoms with Crippen LogP contribution in [0.25, 0.3) is 11.0 Å². The first-order valence-corrected chi connectivity index (χ1v) is 9.52. The summed E-state index contributed by atoms with van der Waals surface area (Å²) in [6.07, 6.45) is 0. The highest BCUT2D eigenvalue weighted by Crippen LogP contribution is 2.23. The Hall–Kier alpha value is -3.63. The summed E-state index contributed by atoms with van der Waals surface area (Å²) in [5.74, 6) is 1.18. The Labute approximate surface area is 165 Å². The summed E-state index contributed by atoms with van der Waals surface area (Å²) in [7, 11) is 0. The second-order valence-electron chi connectivity index (χ2n) is 6.03. The summed E-state index contributed by atoms with van der Waals surface area (Å²) < 4.78 is 7.67. The number of imidazole rings is 1. The van der Waals surface area contributed by atoms with Gasteiger partial charge in [-0.3, -0.25) is 4.79 Å². The molecule has 138 valence electrons. The zero-order chi connectivity index (χ0) is 19.3. The van der Waals surface area contributed by atoms with Crippen molar-refractivity contribution < 1.29 is 9.53 Å². The van der Waals surface area contributed by atoms with Crippen LogP contribution in [-0.2, 0) is 17.9 Å². The second-order valence-corrected chi connectivity index (χ2v) is 6.94. The van der Waals surface area contributed by atoms with Crippen molar-refractivity contribution in [1.82, 2.24) is 9.55 Å². The van der Waals surface area contributed by atoms with E-state index in [2.05, 4.69) is 16.4 Å². The Morgan fingerprint density at radius 3 is 2.75 bits per heavy atom. The molecule has 0 spiro atoms. The quantitative estimate of drug-likeness (QED) is 0.537. The van der Waals surface area contributed by atoms with Gasteiger partial charge in [-0.2, -0.15) is 5.26 Å². The molecule has 4 aromatic rings. The van der Waals surface area contributed by atoms with Crippen molar-refractivity contribution in [2.75, 3.05) is 5.32 Å². The Balaban J connectivity index is 1.58. The van der Waals surface area contributed by atoms with E-state index in [0.717, 1.165) is 16.8 Å². The van der Waals surface area contributed by atoms with Crippen molar-refractivity contribution in [3.05, 3.63) is 77.4 Å². The molecule has 1 N–H and O–H groups in total. The number of anilines is 1. The van der Waals surface area contributed by atoms with Crippen LogP contribution in [0.5, 0.6) is 5.75 Å². The fraction of sp³-hybridized carbons (Fsp3) is 0.0952. The van der Waals surface area contributed by atoms with Crippen molar-refractivity contribution >= 4 is 33.3 Å². The number of nitriles is 1. The summed E-state index contributed by atoms with van der Waals surface area (Å²) in [5.41, 5.74) is 2.12. The number of benzene rings is 2. The highest BCUT2D eigenvalue weighted by Gasteiger charge is 2.15. The minimum Gasteiger partial charge on any atom is -0.486 e. The lowest BCUT2D eigenvalue weighted by atomic mass is 10.3. The number of nitrogens with one attached hydrogen (secondary N) is 1. The van der Waals surface area contributed by atoms with Crippen LogP contribution in [0.3, 0.4) is 0 Å². The molecule has 0 aliphatic carbocycles. The topological polar surface area (TPSA) is 79.9 Å². The Morgan fingerprint density at radius 1 is 1.14 bits per heavy atom. The van der Waals surface area contributed by atoms with Gasteiger partial charge < -0.3 is 14.6 Å². The largest absolute Gasteiger partial charge is 0.486 e. The van der Waals surface area contributed by atoms with Gasteiger partial charge in [0.05, 0.1) is 16.6 Å². The molecule has 2 heterocycles. The van der Waals surface area contributed by atoms with E-state index in [4.69, 9.17) is 10.00 Å². The Morgan fingerprint density at radius 2 is 1.93 bits per heavy atom. The summed E-state index contributed by atoms with van der Waals surface area (Å²) in [4.78, 5) is 17.2. The van der Waals surface area contributed by atoms with E-state index in [-0.39, 0.29) is 19.1 Å². The number of amides is 1. The van der Waals surface area contributed by atoms with Crippen molar-refractivity contribution in [2.45, 2.75) is 13.2 Å². The van der Waals surface area contributed by atoms with Crippen LogP contribution in [0.4, 0.5) is 5.00 Å². The summed E-state index contributed by atoms with van der Waals surface area (Å²) >= 11 is 1.33. The highest BCUT2D eigenvalue weighted by molar-refractivity contribution is 7.14. The molecule has 1 amide bonds. The first kappa shape index (κ1) is 17.8. The van der Waals surface area contributed by atoms with Gasteiger partial charge >= 0.3 is 0 Å². The van der Waals surface area contributed by atoms with E-state index in [9.17, 15) is 4.79 Å². The summed E-state index contributed by atoms with van der Waals surface area (Å²) in [5, 5.41) is 14.3. The molecular formula is C21H16N4O2S. The predicted octanol–water partition coefficient (Wildman–Crippen LogP) is 4.19. The number of rotatable bonds is 6. The molecule has 0 saturated heterocycles. The highest BCUT2D eigenvalue weighted by atomic mass is 32.1. The molecule has 2 aromatic carbocycles. The maximum absolute atomic E-state index is 12.6. The van der Waals surface area contributed by atoms with Crippen LogP contribution >= 0.6 is 11.3 Å². The van der Waals surface area contributed by atoms with Gasteiger partial charge in [0.25, 0.3) is 0 Å². The third-order valence-electron chi connectivity index (χ3n) is 4.19. The molecule has 0 fully saturated rings. The van der Waals surface area contributed by atoms with Gasteiger partial charge in [-0.15, -0.1) is 11.3 Å². The number of ether oxygens (including phenoxy) is 1. The van der Waals surface area contributed by atoms with Crippen LogP contribution in [0.1, 0.15) is 11.4 Å². The lowest BCUT2D eigenvalue weighted by Gasteiger charge is -2.10. The molecule has 28 heavy (non-hydrogen) atoms. The van der Waals surface area contributed by atoms with E-state index in [1.54, 1.807) is 11.4 Å². The van der Waals surface area contributed by atoms with Crippen molar-refractivity contribution in [3.63, 3.8) is 0 Å². The molecule has 0 radical (unpaired) electrons. The molecule has 4 rings (SSSR count). The maximum Gasteiger partial charge on any atom is 0.245 e. The van der Waals surface area contributed by atoms with E-state index in [1.807, 2.05) is 59.2 Å². The molecule has 0 bridgehead atoms. The van der Waals surface area contributed by atoms with Gasteiger partial charge in [-0.05, 0) is 35.7 Å². The molecule has 6 nitrogen and oxygen atoms in total. The van der Waals surface area contributed by atoms with Gasteiger partial charge in [-0.25, -0.2) is 4.98 Å². The zero-order valence-electron chi connectivity index (χ0n) is 14.8. The van der Waals surface area contributed by atoms with E-state index < -0.39 is 0 Å². The van der Waals surface area contributed by atoms with Crippen molar-refractivity contribution in [1.29, 1.82) is 5.26 Å². The van der Waals surface area contributed by atoms with Crippen LogP contribution < -0.4 is 10.1 Å². The smallest absolute Gasteiger partial charge is 0.245 e. The number of hydrogen-bond donors (Lipinski definition) is 1. The van der Waals surface area contributed by atoms with Crippen LogP contribution in [0.15, 0.2) is 66.0 Å². The SMILES string of the molecule is N#Cc1ccsc1NC(=O)Cn1c(COc2ccccc2)nc2ccccc21. The number of nitrogens with zero attached hydrogens (tertiary/aromatic N) is 3. The van der Waals surface area contributed by atoms with Crippen molar-refractivity contribution in [3.8, 4) is 11.8 Å². The van der Waals surface area contributed by atoms with E-state index in [1.165, 1.54) is 11.3 Å². The summed E-state index contributed by atoms with van der Waals surface area (Å²) in [6.45, 7) is 0.325. The van der Waals surface area contributed by atoms with Crippen LogP contribution in [-0.4, -0.2) is 15.5 Å². The fourth-order valence-corrected chi connectivity index (χ4v) is 3.63. The minimum atomic E-state index is -0.219. The lowest BCUT2D eigenvalue weighted by molar-refractivity contribution is -0.116. The number of thiophene rings is 1. The summed E-state index contributed by atoms with van der Waals surface area (Å²) in [6, 6.07) is 20.9. The van der Waals surface area contributed by atoms with E-state index >= 15 is 0 Å². The lowest BCUT2D eigenvalue weighted by Crippen LogP contribution is -2.20. The standard InChI is InChI=1S/C21H16N4O2S/c22-12-15-10-11-28-21(15)24-20(26)13-25-18-9-5-4-8-17(18)23-19(25)14-27-16-6-2-1-3-7-16/h1-11H,13-14H2,(H,24,26). The second kappa shape index (κ2) is 7.94. The Bertz CT molecular complexity index is 1160. The average molecular weight is 388 g/mol. The normalized spacial score (nSPS) is 10.5. The number of hydrogen-bond acceptors (Lipinski definition) is 5. The molecule has 2 aromatic heterocycles. The number of fused-ring (bicyclic) bond motifs is 1. The van der Waals surface area contributed by atoms with Gasteiger partial charge in [-0.1, -0.05) is 30.3 Å². The number of aromatic nitrogens is 2. The fourth-order valence-electron chi connectivity index (χ4n) is 2.88. The Kier molecular flexibility index (Phi) is 5.04. The third-order valence-corrected chi connectivity index (χ3v) is 5.01. The molecule has 0 atom stereocenters. The minimum absolute atomic E-state index is 0.0801. The molecule has 0 unspecified atom stereocenters. The first-order valence-electron chi connectivity index (χ1n) is 8.64. The van der Waals surface area contributed by atoms with Gasteiger partial charge in [0, 0.05) is 0 Å². The zero-order valence-corrected chi connectivity index (χ0v) is 15.6. The van der Waals surface area contributed by atoms with Crippen LogP contribution in [0, 0.1) is 11.3 Å². The first-order chi connectivity index (χ1) is 13.7. The van der Waals surface area contributed by atoms with Crippen LogP contribution in [0.2, 0.25) is 0 Å². The molecule has 0 aliphatic rings. The number of carbonyl (C=O) groups is 1. The number of para-hydroxylation sites is 3. The molecular weight excluding hydrogens is 372 g/mol. The van der Waals surface area contributed by atoms with Crippen molar-refractivity contribution in [2.24, 2.45) is 0 Å². The van der Waals surface area contributed by atoms with Gasteiger partial charge in [0.15, 0.2) is 0 Å². The molecule has 0 saturated carbocycles. The average Bonchev–Trinajstić information content (AvgIpc) is 3.31. The van der Waals surface area contributed by atoms with Gasteiger partial charge in [0.2, 0.25) is 5.91 Å². The van der Waals surface area contributed by atoms with Gasteiger partial charge in [0.1, 0.15) is 35.8 Å². The monoisotopic (exact) mass is 388 g/mol. The van der Waals surface area contributed by atoms with E-state index in [0.29, 0.717) is 16.4 Å². The molecule has 0 aliphatic heterocycles. The third kappa shape index (κ3) is 3.72.